The summed E-state index contributed by atoms with van der Waals surface area (Å²) in [7, 11) is 1.48. The normalized spacial score (nSPS) is 10.9. The van der Waals surface area contributed by atoms with Crippen LogP contribution in [0.3, 0.4) is 0 Å². The van der Waals surface area contributed by atoms with E-state index in [4.69, 9.17) is 20.8 Å². The molecule has 25 heavy (non-hydrogen) atoms. The first-order chi connectivity index (χ1) is 11.9. The van der Waals surface area contributed by atoms with E-state index < -0.39 is 5.63 Å². The molecule has 0 saturated carbocycles. The van der Waals surface area contributed by atoms with Gasteiger partial charge in [-0.2, -0.15) is 0 Å². The Kier molecular flexibility index (Phi) is 4.73. The second-order valence-corrected chi connectivity index (χ2v) is 6.92. The minimum atomic E-state index is -0.571. The number of hydrogen-bond acceptors (Lipinski definition) is 7. The van der Waals surface area contributed by atoms with Crippen LogP contribution in [0.25, 0.3) is 11.0 Å². The SMILES string of the molecule is COc1cc2oc(=O)c(CC(=O)Nc3nnc(C)s3)c(C)c2cc1Cl. The predicted molar refractivity (Wildman–Crippen MR) is 95.8 cm³/mol. The Morgan fingerprint density at radius 2 is 2.12 bits per heavy atom. The van der Waals surface area contributed by atoms with Crippen molar-refractivity contribution in [2.75, 3.05) is 12.4 Å². The van der Waals surface area contributed by atoms with Crippen molar-refractivity contribution in [1.29, 1.82) is 0 Å². The molecule has 0 bridgehead atoms. The number of ether oxygens (including phenoxy) is 1. The molecular weight excluding hydrogens is 366 g/mol. The molecule has 0 aliphatic heterocycles. The number of benzene rings is 1. The van der Waals surface area contributed by atoms with Crippen molar-refractivity contribution in [2.24, 2.45) is 0 Å². The Hall–Kier alpha value is -2.45. The summed E-state index contributed by atoms with van der Waals surface area (Å²) in [5.41, 5.74) is 0.692. The Labute approximate surface area is 151 Å². The van der Waals surface area contributed by atoms with Gasteiger partial charge in [-0.25, -0.2) is 4.79 Å². The zero-order valence-electron chi connectivity index (χ0n) is 13.7. The number of anilines is 1. The number of halogens is 1. The van der Waals surface area contributed by atoms with Crippen LogP contribution in [0.15, 0.2) is 21.3 Å². The molecule has 2 heterocycles. The van der Waals surface area contributed by atoms with Gasteiger partial charge in [0.15, 0.2) is 0 Å². The van der Waals surface area contributed by atoms with Crippen LogP contribution in [-0.4, -0.2) is 23.2 Å². The minimum Gasteiger partial charge on any atom is -0.495 e. The van der Waals surface area contributed by atoms with E-state index in [1.54, 1.807) is 26.0 Å². The van der Waals surface area contributed by atoms with Gasteiger partial charge in [-0.15, -0.1) is 10.2 Å². The van der Waals surface area contributed by atoms with Crippen molar-refractivity contribution >= 4 is 44.9 Å². The highest BCUT2D eigenvalue weighted by Gasteiger charge is 2.17. The molecule has 0 unspecified atom stereocenters. The monoisotopic (exact) mass is 379 g/mol. The van der Waals surface area contributed by atoms with E-state index in [9.17, 15) is 9.59 Å². The summed E-state index contributed by atoms with van der Waals surface area (Å²) >= 11 is 7.40. The number of rotatable bonds is 4. The van der Waals surface area contributed by atoms with E-state index >= 15 is 0 Å². The highest BCUT2D eigenvalue weighted by molar-refractivity contribution is 7.15. The second kappa shape index (κ2) is 6.81. The summed E-state index contributed by atoms with van der Waals surface area (Å²) < 4.78 is 10.5. The summed E-state index contributed by atoms with van der Waals surface area (Å²) in [5.74, 6) is 0.0411. The van der Waals surface area contributed by atoms with Crippen molar-refractivity contribution in [3.05, 3.63) is 43.7 Å². The molecule has 9 heteroatoms. The molecule has 0 saturated heterocycles. The lowest BCUT2D eigenvalue weighted by atomic mass is 10.0. The molecule has 7 nitrogen and oxygen atoms in total. The topological polar surface area (TPSA) is 94.3 Å². The van der Waals surface area contributed by atoms with E-state index in [2.05, 4.69) is 15.5 Å². The zero-order valence-corrected chi connectivity index (χ0v) is 15.2. The van der Waals surface area contributed by atoms with Gasteiger partial charge in [0.1, 0.15) is 16.3 Å². The van der Waals surface area contributed by atoms with Crippen LogP contribution in [0, 0.1) is 13.8 Å². The number of nitrogens with zero attached hydrogens (tertiary/aromatic N) is 2. The van der Waals surface area contributed by atoms with E-state index in [0.29, 0.717) is 32.4 Å². The van der Waals surface area contributed by atoms with Crippen LogP contribution in [0.4, 0.5) is 5.13 Å². The molecule has 3 aromatic rings. The van der Waals surface area contributed by atoms with Crippen molar-refractivity contribution in [3.63, 3.8) is 0 Å². The second-order valence-electron chi connectivity index (χ2n) is 5.33. The molecule has 0 aliphatic carbocycles. The third kappa shape index (κ3) is 3.49. The lowest BCUT2D eigenvalue weighted by Gasteiger charge is -2.10. The van der Waals surface area contributed by atoms with Crippen LogP contribution in [0.5, 0.6) is 5.75 Å². The van der Waals surface area contributed by atoms with Crippen LogP contribution < -0.4 is 15.7 Å². The molecule has 0 spiro atoms. The van der Waals surface area contributed by atoms with E-state index in [1.165, 1.54) is 18.4 Å². The maximum Gasteiger partial charge on any atom is 0.340 e. The number of methoxy groups -OCH3 is 1. The first kappa shape index (κ1) is 17.4. The smallest absolute Gasteiger partial charge is 0.340 e. The van der Waals surface area contributed by atoms with Crippen molar-refractivity contribution in [2.45, 2.75) is 20.3 Å². The third-order valence-electron chi connectivity index (χ3n) is 3.67. The molecule has 3 rings (SSSR count). The number of nitrogens with one attached hydrogen (secondary N) is 1. The maximum absolute atomic E-state index is 12.3. The van der Waals surface area contributed by atoms with Crippen molar-refractivity contribution in [3.8, 4) is 5.75 Å². The Bertz CT molecular complexity index is 1030. The highest BCUT2D eigenvalue weighted by Crippen LogP contribution is 2.31. The Morgan fingerprint density at radius 3 is 2.76 bits per heavy atom. The molecule has 0 aliphatic rings. The molecular formula is C16H14ClN3O4S. The summed E-state index contributed by atoms with van der Waals surface area (Å²) in [5, 5.41) is 12.4. The first-order valence-corrected chi connectivity index (χ1v) is 8.48. The fraction of sp³-hybridized carbons (Fsp3) is 0.250. The summed E-state index contributed by atoms with van der Waals surface area (Å²) in [6, 6.07) is 3.21. The molecule has 2 aromatic heterocycles. The average Bonchev–Trinajstić information content (AvgIpc) is 2.96. The lowest BCUT2D eigenvalue weighted by Crippen LogP contribution is -2.20. The van der Waals surface area contributed by atoms with E-state index in [-0.39, 0.29) is 17.9 Å². The van der Waals surface area contributed by atoms with E-state index in [1.807, 2.05) is 0 Å². The fourth-order valence-corrected chi connectivity index (χ4v) is 3.27. The van der Waals surface area contributed by atoms with E-state index in [0.717, 1.165) is 5.01 Å². The van der Waals surface area contributed by atoms with Gasteiger partial charge in [-0.1, -0.05) is 22.9 Å². The maximum atomic E-state index is 12.3. The lowest BCUT2D eigenvalue weighted by molar-refractivity contribution is -0.115. The van der Waals surface area contributed by atoms with Crippen LogP contribution in [-0.2, 0) is 11.2 Å². The summed E-state index contributed by atoms with van der Waals surface area (Å²) in [4.78, 5) is 24.5. The van der Waals surface area contributed by atoms with Crippen LogP contribution >= 0.6 is 22.9 Å². The Morgan fingerprint density at radius 1 is 1.36 bits per heavy atom. The number of hydrogen-bond donors (Lipinski definition) is 1. The fourth-order valence-electron chi connectivity index (χ4n) is 2.42. The van der Waals surface area contributed by atoms with Gasteiger partial charge in [0.25, 0.3) is 0 Å². The molecule has 130 valence electrons. The standard InChI is InChI=1S/C16H14ClN3O4S/c1-7-9-4-11(17)13(23-3)6-12(9)24-15(22)10(7)5-14(21)18-16-20-19-8(2)25-16/h4,6H,5H2,1-3H3,(H,18,20,21). The van der Waals surface area contributed by atoms with Gasteiger partial charge >= 0.3 is 5.63 Å². The number of aryl methyl sites for hydroxylation is 2. The zero-order chi connectivity index (χ0) is 18.1. The van der Waals surface area contributed by atoms with Crippen LogP contribution in [0.1, 0.15) is 16.1 Å². The summed E-state index contributed by atoms with van der Waals surface area (Å²) in [6.45, 7) is 3.53. The quantitative estimate of drug-likeness (QED) is 0.700. The van der Waals surface area contributed by atoms with Gasteiger partial charge < -0.3 is 14.5 Å². The molecule has 0 atom stereocenters. The van der Waals surface area contributed by atoms with Crippen molar-refractivity contribution in [1.82, 2.24) is 10.2 Å². The van der Waals surface area contributed by atoms with Gasteiger partial charge in [0.05, 0.1) is 24.1 Å². The third-order valence-corrected chi connectivity index (χ3v) is 4.72. The number of amides is 1. The molecule has 0 fully saturated rings. The Balaban J connectivity index is 1.96. The van der Waals surface area contributed by atoms with Gasteiger partial charge in [0, 0.05) is 11.5 Å². The first-order valence-electron chi connectivity index (χ1n) is 7.29. The number of aromatic nitrogens is 2. The minimum absolute atomic E-state index is 0.133. The molecule has 0 radical (unpaired) electrons. The number of carbonyl (C=O) groups excluding carboxylic acids is 1. The predicted octanol–water partition coefficient (Wildman–Crippen LogP) is 3.10. The van der Waals surface area contributed by atoms with Crippen molar-refractivity contribution < 1.29 is 13.9 Å². The summed E-state index contributed by atoms with van der Waals surface area (Å²) in [6.07, 6.45) is -0.133. The average molecular weight is 380 g/mol. The number of fused-ring (bicyclic) bond motifs is 1. The van der Waals surface area contributed by atoms with Gasteiger partial charge in [0.2, 0.25) is 11.0 Å². The van der Waals surface area contributed by atoms with Gasteiger partial charge in [-0.05, 0) is 25.5 Å². The highest BCUT2D eigenvalue weighted by atomic mass is 35.5. The molecule has 1 N–H and O–H groups in total. The molecule has 1 aromatic carbocycles. The van der Waals surface area contributed by atoms with Gasteiger partial charge in [-0.3, -0.25) is 4.79 Å². The van der Waals surface area contributed by atoms with Crippen LogP contribution in [0.2, 0.25) is 5.02 Å². The largest absolute Gasteiger partial charge is 0.495 e. The number of carbonyl (C=O) groups is 1. The molecule has 1 amide bonds.